The van der Waals surface area contributed by atoms with Crippen LogP contribution in [-0.2, 0) is 6.42 Å². The molecule has 4 heteroatoms. The SMILES string of the molecule is Cc1ccc(C(=O)Nc2ccc3c(c2)CCCN3)cn1. The summed E-state index contributed by atoms with van der Waals surface area (Å²) < 4.78 is 0. The second-order valence-electron chi connectivity index (χ2n) is 5.04. The van der Waals surface area contributed by atoms with E-state index >= 15 is 0 Å². The van der Waals surface area contributed by atoms with Gasteiger partial charge in [-0.25, -0.2) is 0 Å². The smallest absolute Gasteiger partial charge is 0.257 e. The Morgan fingerprint density at radius 2 is 2.20 bits per heavy atom. The van der Waals surface area contributed by atoms with E-state index in [1.54, 1.807) is 12.3 Å². The summed E-state index contributed by atoms with van der Waals surface area (Å²) in [6.45, 7) is 2.92. The van der Waals surface area contributed by atoms with Crippen LogP contribution in [0.1, 0.15) is 28.0 Å². The molecule has 0 aliphatic carbocycles. The topological polar surface area (TPSA) is 54.0 Å². The van der Waals surface area contributed by atoms with Gasteiger partial charge in [0.15, 0.2) is 0 Å². The predicted octanol–water partition coefficient (Wildman–Crippen LogP) is 3.00. The molecule has 2 N–H and O–H groups in total. The second-order valence-corrected chi connectivity index (χ2v) is 5.04. The number of carbonyl (C=O) groups is 1. The number of carbonyl (C=O) groups excluding carboxylic acids is 1. The zero-order valence-electron chi connectivity index (χ0n) is 11.4. The molecular weight excluding hydrogens is 250 g/mol. The number of benzene rings is 1. The standard InChI is InChI=1S/C16H17N3O/c1-11-4-5-13(10-18-11)16(20)19-14-6-7-15-12(9-14)3-2-8-17-15/h4-7,9-10,17H,2-3,8H2,1H3,(H,19,20). The first-order valence-corrected chi connectivity index (χ1v) is 6.83. The van der Waals surface area contributed by atoms with Crippen molar-refractivity contribution < 1.29 is 4.79 Å². The quantitative estimate of drug-likeness (QED) is 0.879. The Labute approximate surface area is 118 Å². The Balaban J connectivity index is 1.77. The van der Waals surface area contributed by atoms with Crippen LogP contribution in [-0.4, -0.2) is 17.4 Å². The number of nitrogens with zero attached hydrogens (tertiary/aromatic N) is 1. The van der Waals surface area contributed by atoms with E-state index in [1.165, 1.54) is 11.3 Å². The molecule has 0 atom stereocenters. The first kappa shape index (κ1) is 12.7. The third-order valence-electron chi connectivity index (χ3n) is 3.48. The fourth-order valence-electron chi connectivity index (χ4n) is 2.36. The average molecular weight is 267 g/mol. The van der Waals surface area contributed by atoms with Crippen LogP contribution in [0.15, 0.2) is 36.5 Å². The summed E-state index contributed by atoms with van der Waals surface area (Å²) in [4.78, 5) is 16.3. The van der Waals surface area contributed by atoms with Gasteiger partial charge in [-0.2, -0.15) is 0 Å². The van der Waals surface area contributed by atoms with Crippen LogP contribution in [0.5, 0.6) is 0 Å². The largest absolute Gasteiger partial charge is 0.385 e. The number of nitrogens with one attached hydrogen (secondary N) is 2. The Morgan fingerprint density at radius 1 is 1.30 bits per heavy atom. The van der Waals surface area contributed by atoms with E-state index in [9.17, 15) is 4.79 Å². The molecule has 2 aromatic rings. The molecule has 1 aromatic carbocycles. The third kappa shape index (κ3) is 2.64. The highest BCUT2D eigenvalue weighted by molar-refractivity contribution is 6.04. The van der Waals surface area contributed by atoms with Crippen molar-refractivity contribution >= 4 is 17.3 Å². The van der Waals surface area contributed by atoms with Gasteiger partial charge in [0, 0.05) is 29.8 Å². The van der Waals surface area contributed by atoms with Crippen molar-refractivity contribution in [1.82, 2.24) is 4.98 Å². The molecule has 4 nitrogen and oxygen atoms in total. The van der Waals surface area contributed by atoms with Crippen LogP contribution in [0.25, 0.3) is 0 Å². The highest BCUT2D eigenvalue weighted by atomic mass is 16.1. The van der Waals surface area contributed by atoms with E-state index < -0.39 is 0 Å². The van der Waals surface area contributed by atoms with Crippen molar-refractivity contribution in [2.75, 3.05) is 17.2 Å². The minimum Gasteiger partial charge on any atom is -0.385 e. The fourth-order valence-corrected chi connectivity index (χ4v) is 2.36. The van der Waals surface area contributed by atoms with Gasteiger partial charge >= 0.3 is 0 Å². The van der Waals surface area contributed by atoms with Gasteiger partial charge in [-0.1, -0.05) is 0 Å². The van der Waals surface area contributed by atoms with Crippen LogP contribution in [0.2, 0.25) is 0 Å². The molecule has 0 saturated heterocycles. The summed E-state index contributed by atoms with van der Waals surface area (Å²) in [6.07, 6.45) is 3.79. The molecule has 102 valence electrons. The summed E-state index contributed by atoms with van der Waals surface area (Å²) >= 11 is 0. The lowest BCUT2D eigenvalue weighted by molar-refractivity contribution is 0.102. The Morgan fingerprint density at radius 3 is 3.00 bits per heavy atom. The van der Waals surface area contributed by atoms with Gasteiger partial charge in [-0.05, 0) is 55.7 Å². The second kappa shape index (κ2) is 5.33. The third-order valence-corrected chi connectivity index (χ3v) is 3.48. The van der Waals surface area contributed by atoms with E-state index in [4.69, 9.17) is 0 Å². The molecule has 20 heavy (non-hydrogen) atoms. The number of hydrogen-bond donors (Lipinski definition) is 2. The molecule has 0 radical (unpaired) electrons. The molecule has 0 unspecified atom stereocenters. The van der Waals surface area contributed by atoms with Crippen molar-refractivity contribution in [2.24, 2.45) is 0 Å². The maximum absolute atomic E-state index is 12.1. The van der Waals surface area contributed by atoms with Crippen molar-refractivity contribution in [3.63, 3.8) is 0 Å². The number of pyridine rings is 1. The summed E-state index contributed by atoms with van der Waals surface area (Å²) in [5.41, 5.74) is 4.74. The Kier molecular flexibility index (Phi) is 3.37. The van der Waals surface area contributed by atoms with Crippen LogP contribution < -0.4 is 10.6 Å². The number of hydrogen-bond acceptors (Lipinski definition) is 3. The minimum absolute atomic E-state index is 0.124. The number of fused-ring (bicyclic) bond motifs is 1. The summed E-state index contributed by atoms with van der Waals surface area (Å²) in [5.74, 6) is -0.124. The normalized spacial score (nSPS) is 13.2. The van der Waals surface area contributed by atoms with Gasteiger partial charge < -0.3 is 10.6 Å². The monoisotopic (exact) mass is 267 g/mol. The lowest BCUT2D eigenvalue weighted by Crippen LogP contribution is -2.15. The van der Waals surface area contributed by atoms with Crippen LogP contribution in [0.3, 0.4) is 0 Å². The maximum Gasteiger partial charge on any atom is 0.257 e. The van der Waals surface area contributed by atoms with E-state index in [0.29, 0.717) is 5.56 Å². The highest BCUT2D eigenvalue weighted by Crippen LogP contribution is 2.25. The zero-order valence-corrected chi connectivity index (χ0v) is 11.4. The van der Waals surface area contributed by atoms with Gasteiger partial charge in [0.05, 0.1) is 5.56 Å². The van der Waals surface area contributed by atoms with Gasteiger partial charge in [-0.15, -0.1) is 0 Å². The lowest BCUT2D eigenvalue weighted by atomic mass is 10.0. The number of amides is 1. The fraction of sp³-hybridized carbons (Fsp3) is 0.250. The van der Waals surface area contributed by atoms with Crippen LogP contribution in [0.4, 0.5) is 11.4 Å². The summed E-state index contributed by atoms with van der Waals surface area (Å²) in [6, 6.07) is 9.62. The number of aryl methyl sites for hydroxylation is 2. The highest BCUT2D eigenvalue weighted by Gasteiger charge is 2.11. The van der Waals surface area contributed by atoms with E-state index in [1.807, 2.05) is 31.2 Å². The number of aromatic nitrogens is 1. The Bertz CT molecular complexity index is 635. The van der Waals surface area contributed by atoms with E-state index in [0.717, 1.165) is 30.8 Å². The predicted molar refractivity (Wildman–Crippen MR) is 80.2 cm³/mol. The lowest BCUT2D eigenvalue weighted by Gasteiger charge is -2.18. The minimum atomic E-state index is -0.124. The molecule has 0 bridgehead atoms. The molecule has 1 aliphatic heterocycles. The molecule has 2 heterocycles. The first-order valence-electron chi connectivity index (χ1n) is 6.83. The summed E-state index contributed by atoms with van der Waals surface area (Å²) in [7, 11) is 0. The van der Waals surface area contributed by atoms with Gasteiger partial charge in [-0.3, -0.25) is 9.78 Å². The van der Waals surface area contributed by atoms with Gasteiger partial charge in [0.2, 0.25) is 0 Å². The van der Waals surface area contributed by atoms with E-state index in [-0.39, 0.29) is 5.91 Å². The first-order chi connectivity index (χ1) is 9.72. The zero-order chi connectivity index (χ0) is 13.9. The number of rotatable bonds is 2. The molecular formula is C16H17N3O. The van der Waals surface area contributed by atoms with Crippen LogP contribution >= 0.6 is 0 Å². The molecule has 1 aromatic heterocycles. The maximum atomic E-state index is 12.1. The van der Waals surface area contributed by atoms with Crippen molar-refractivity contribution in [3.05, 3.63) is 53.3 Å². The van der Waals surface area contributed by atoms with Gasteiger partial charge in [0.25, 0.3) is 5.91 Å². The number of anilines is 2. The molecule has 0 fully saturated rings. The molecule has 3 rings (SSSR count). The molecule has 1 amide bonds. The Hall–Kier alpha value is -2.36. The van der Waals surface area contributed by atoms with E-state index in [2.05, 4.69) is 15.6 Å². The van der Waals surface area contributed by atoms with Crippen molar-refractivity contribution in [3.8, 4) is 0 Å². The average Bonchev–Trinajstić information content (AvgIpc) is 2.48. The summed E-state index contributed by atoms with van der Waals surface area (Å²) in [5, 5.41) is 6.28. The molecule has 0 saturated carbocycles. The van der Waals surface area contributed by atoms with Crippen molar-refractivity contribution in [2.45, 2.75) is 19.8 Å². The molecule has 0 spiro atoms. The molecule has 1 aliphatic rings. The van der Waals surface area contributed by atoms with Gasteiger partial charge in [0.1, 0.15) is 0 Å². The van der Waals surface area contributed by atoms with Crippen LogP contribution in [0, 0.1) is 6.92 Å². The van der Waals surface area contributed by atoms with Crippen molar-refractivity contribution in [1.29, 1.82) is 0 Å².